The molecule has 6 nitrogen and oxygen atoms in total. The van der Waals surface area contributed by atoms with Crippen LogP contribution in [0.4, 0.5) is 0 Å². The van der Waals surface area contributed by atoms with Crippen LogP contribution in [0.25, 0.3) is 0 Å². The molecule has 0 bridgehead atoms. The summed E-state index contributed by atoms with van der Waals surface area (Å²) < 4.78 is 9.96. The summed E-state index contributed by atoms with van der Waals surface area (Å²) in [6.07, 6.45) is 0. The lowest BCUT2D eigenvalue weighted by molar-refractivity contribution is -0.206. The molecular weight excluding hydrogens is 252 g/mol. The Morgan fingerprint density at radius 1 is 1.53 bits per heavy atom. The molecule has 3 N–H and O–H groups in total. The van der Waals surface area contributed by atoms with Crippen LogP contribution in [0.5, 0.6) is 11.5 Å². The van der Waals surface area contributed by atoms with Gasteiger partial charge in [-0.3, -0.25) is 0 Å². The zero-order valence-corrected chi connectivity index (χ0v) is 10.9. The molecule has 0 radical (unpaired) electrons. The molecule has 0 fully saturated rings. The smallest absolute Gasteiger partial charge is 0.344 e. The van der Waals surface area contributed by atoms with Gasteiger partial charge in [0.2, 0.25) is 5.79 Å². The molecule has 0 aromatic heterocycles. The molecule has 19 heavy (non-hydrogen) atoms. The van der Waals surface area contributed by atoms with Crippen molar-refractivity contribution in [3.63, 3.8) is 0 Å². The number of methoxy groups -OCH3 is 1. The normalized spacial score (nSPS) is 25.7. The molecule has 0 unspecified atom stereocenters. The number of aromatic hydroxyl groups is 1. The maximum absolute atomic E-state index is 11.9. The summed E-state index contributed by atoms with van der Waals surface area (Å²) in [7, 11) is 1.44. The standard InChI is InChI=1S/C13H16O6/c1-6-9(18-3)4-8(15)11-10(6)7(2)13(17,5-14)19-12(11)16/h4,7,14-15,17H,5H2,1-3H3/t7-,13+/m0/s1. The number of hydrogen-bond donors (Lipinski definition) is 3. The number of cyclic esters (lactones) is 1. The van der Waals surface area contributed by atoms with E-state index in [0.717, 1.165) is 0 Å². The molecule has 1 heterocycles. The first-order valence-electron chi connectivity index (χ1n) is 5.82. The minimum atomic E-state index is -1.99. The molecule has 6 heteroatoms. The molecule has 104 valence electrons. The maximum atomic E-state index is 11.9. The van der Waals surface area contributed by atoms with Crippen LogP contribution in [0.1, 0.15) is 34.3 Å². The molecule has 0 amide bonds. The average Bonchev–Trinajstić information content (AvgIpc) is 2.38. The van der Waals surface area contributed by atoms with Crippen molar-refractivity contribution in [2.24, 2.45) is 0 Å². The molecule has 1 aliphatic rings. The summed E-state index contributed by atoms with van der Waals surface area (Å²) in [5.74, 6) is -3.42. The zero-order chi connectivity index (χ0) is 14.4. The van der Waals surface area contributed by atoms with E-state index in [1.54, 1.807) is 13.8 Å². The number of rotatable bonds is 2. The quantitative estimate of drug-likeness (QED) is 0.682. The number of hydrogen-bond acceptors (Lipinski definition) is 6. The van der Waals surface area contributed by atoms with Crippen LogP contribution >= 0.6 is 0 Å². The maximum Gasteiger partial charge on any atom is 0.344 e. The van der Waals surface area contributed by atoms with E-state index in [4.69, 9.17) is 9.47 Å². The number of esters is 1. The Labute approximate surface area is 110 Å². The summed E-state index contributed by atoms with van der Waals surface area (Å²) in [5.41, 5.74) is 1.04. The number of ether oxygens (including phenoxy) is 2. The molecule has 1 aromatic rings. The van der Waals surface area contributed by atoms with Gasteiger partial charge in [-0.1, -0.05) is 6.92 Å². The Kier molecular flexibility index (Phi) is 3.15. The third kappa shape index (κ3) is 1.84. The highest BCUT2D eigenvalue weighted by molar-refractivity contribution is 5.96. The van der Waals surface area contributed by atoms with Crippen LogP contribution < -0.4 is 4.74 Å². The lowest BCUT2D eigenvalue weighted by atomic mass is 9.83. The third-order valence-corrected chi connectivity index (χ3v) is 3.60. The Morgan fingerprint density at radius 3 is 2.68 bits per heavy atom. The van der Waals surface area contributed by atoms with E-state index >= 15 is 0 Å². The van der Waals surface area contributed by atoms with Crippen molar-refractivity contribution >= 4 is 5.97 Å². The fraction of sp³-hybridized carbons (Fsp3) is 0.462. The summed E-state index contributed by atoms with van der Waals surface area (Å²) in [5, 5.41) is 29.3. The van der Waals surface area contributed by atoms with Crippen molar-refractivity contribution in [3.8, 4) is 11.5 Å². The van der Waals surface area contributed by atoms with E-state index in [9.17, 15) is 20.1 Å². The molecular formula is C13H16O6. The molecule has 0 spiro atoms. The van der Waals surface area contributed by atoms with Crippen LogP contribution in [0.2, 0.25) is 0 Å². The molecule has 2 atom stereocenters. The van der Waals surface area contributed by atoms with Crippen molar-refractivity contribution in [2.45, 2.75) is 25.6 Å². The van der Waals surface area contributed by atoms with Gasteiger partial charge in [-0.25, -0.2) is 4.79 Å². The number of carbonyl (C=O) groups is 1. The van der Waals surface area contributed by atoms with Gasteiger partial charge < -0.3 is 24.8 Å². The fourth-order valence-corrected chi connectivity index (χ4v) is 2.43. The van der Waals surface area contributed by atoms with Crippen LogP contribution in [0.3, 0.4) is 0 Å². The molecule has 1 aromatic carbocycles. The number of phenolic OH excluding ortho intramolecular Hbond substituents is 1. The van der Waals surface area contributed by atoms with Gasteiger partial charge in [-0.15, -0.1) is 0 Å². The van der Waals surface area contributed by atoms with Crippen molar-refractivity contribution in [3.05, 3.63) is 22.8 Å². The predicted octanol–water partition coefficient (Wildman–Crippen LogP) is 0.664. The largest absolute Gasteiger partial charge is 0.507 e. The highest BCUT2D eigenvalue weighted by Crippen LogP contribution is 2.44. The van der Waals surface area contributed by atoms with Gasteiger partial charge in [0, 0.05) is 6.07 Å². The van der Waals surface area contributed by atoms with Gasteiger partial charge >= 0.3 is 5.97 Å². The number of phenols is 1. The second-order valence-electron chi connectivity index (χ2n) is 4.63. The SMILES string of the molecule is COc1cc(O)c2c(c1C)[C@H](C)[C@@](O)(CO)OC2=O. The first-order valence-corrected chi connectivity index (χ1v) is 5.82. The first-order chi connectivity index (χ1) is 8.85. The third-order valence-electron chi connectivity index (χ3n) is 3.60. The van der Waals surface area contributed by atoms with E-state index in [1.165, 1.54) is 13.2 Å². The van der Waals surface area contributed by atoms with E-state index in [2.05, 4.69) is 0 Å². The predicted molar refractivity (Wildman–Crippen MR) is 65.3 cm³/mol. The summed E-state index contributed by atoms with van der Waals surface area (Å²) in [6, 6.07) is 1.32. The molecule has 2 rings (SSSR count). The summed E-state index contributed by atoms with van der Waals surface area (Å²) >= 11 is 0. The van der Waals surface area contributed by atoms with Gasteiger partial charge in [0.05, 0.1) is 13.0 Å². The Bertz CT molecular complexity index is 538. The van der Waals surface area contributed by atoms with Gasteiger partial charge in [0.25, 0.3) is 0 Å². The van der Waals surface area contributed by atoms with Crippen LogP contribution in [0.15, 0.2) is 6.07 Å². The van der Waals surface area contributed by atoms with Crippen LogP contribution in [-0.2, 0) is 4.74 Å². The number of benzene rings is 1. The van der Waals surface area contributed by atoms with Crippen LogP contribution in [0, 0.1) is 6.92 Å². The van der Waals surface area contributed by atoms with Gasteiger partial charge in [0.1, 0.15) is 23.7 Å². The first kappa shape index (κ1) is 13.6. The van der Waals surface area contributed by atoms with Crippen molar-refractivity contribution in [2.75, 3.05) is 13.7 Å². The van der Waals surface area contributed by atoms with Crippen LogP contribution in [-0.4, -0.2) is 40.8 Å². The minimum Gasteiger partial charge on any atom is -0.507 e. The van der Waals surface area contributed by atoms with Gasteiger partial charge in [-0.05, 0) is 18.1 Å². The zero-order valence-electron chi connectivity index (χ0n) is 10.9. The Hall–Kier alpha value is -1.79. The second-order valence-corrected chi connectivity index (χ2v) is 4.63. The number of carbonyl (C=O) groups excluding carboxylic acids is 1. The number of fused-ring (bicyclic) bond motifs is 1. The molecule has 0 saturated heterocycles. The van der Waals surface area contributed by atoms with Gasteiger partial charge in [0.15, 0.2) is 0 Å². The molecule has 1 aliphatic heterocycles. The average molecular weight is 268 g/mol. The lowest BCUT2D eigenvalue weighted by Gasteiger charge is -2.38. The second kappa shape index (κ2) is 4.40. The topological polar surface area (TPSA) is 96.2 Å². The highest BCUT2D eigenvalue weighted by atomic mass is 16.7. The minimum absolute atomic E-state index is 0.00363. The van der Waals surface area contributed by atoms with Crippen molar-refractivity contribution in [1.29, 1.82) is 0 Å². The molecule has 0 aliphatic carbocycles. The summed E-state index contributed by atoms with van der Waals surface area (Å²) in [4.78, 5) is 11.9. The van der Waals surface area contributed by atoms with E-state index in [0.29, 0.717) is 16.9 Å². The van der Waals surface area contributed by atoms with Crippen molar-refractivity contribution < 1.29 is 29.6 Å². The van der Waals surface area contributed by atoms with E-state index in [1.807, 2.05) is 0 Å². The Morgan fingerprint density at radius 2 is 2.16 bits per heavy atom. The summed E-state index contributed by atoms with van der Waals surface area (Å²) in [6.45, 7) is 2.59. The lowest BCUT2D eigenvalue weighted by Crippen LogP contribution is -2.47. The van der Waals surface area contributed by atoms with Crippen molar-refractivity contribution in [1.82, 2.24) is 0 Å². The van der Waals surface area contributed by atoms with Gasteiger partial charge in [-0.2, -0.15) is 0 Å². The highest BCUT2D eigenvalue weighted by Gasteiger charge is 2.47. The fourth-order valence-electron chi connectivity index (χ4n) is 2.43. The number of aliphatic hydroxyl groups excluding tert-OH is 1. The van der Waals surface area contributed by atoms with E-state index < -0.39 is 24.3 Å². The molecule has 0 saturated carbocycles. The van der Waals surface area contributed by atoms with E-state index in [-0.39, 0.29) is 11.3 Å². The number of aliphatic hydroxyl groups is 2. The monoisotopic (exact) mass is 268 g/mol. The Balaban J connectivity index is 2.74.